The molecule has 0 aromatic heterocycles. The molecule has 0 unspecified atom stereocenters. The summed E-state index contributed by atoms with van der Waals surface area (Å²) in [5, 5.41) is 0. The van der Waals surface area contributed by atoms with Gasteiger partial charge in [-0.1, -0.05) is 5.92 Å². The van der Waals surface area contributed by atoms with Crippen molar-refractivity contribution >= 4 is 10.2 Å². The Morgan fingerprint density at radius 3 is 2.00 bits per heavy atom. The predicted molar refractivity (Wildman–Crippen MR) is 48.3 cm³/mol. The maximum absolute atomic E-state index is 12.1. The van der Waals surface area contributed by atoms with Gasteiger partial charge in [-0.15, -0.1) is 5.54 Å². The van der Waals surface area contributed by atoms with Crippen molar-refractivity contribution in [3.63, 3.8) is 0 Å². The Balaban J connectivity index is 2.98. The third-order valence-electron chi connectivity index (χ3n) is 1.48. The lowest BCUT2D eigenvalue weighted by Gasteiger charge is -2.05. The van der Waals surface area contributed by atoms with E-state index in [-0.39, 0.29) is 0 Å². The van der Waals surface area contributed by atoms with Gasteiger partial charge in [-0.05, 0) is 24.3 Å². The second-order valence-corrected chi connectivity index (χ2v) is 2.95. The molecule has 13 heavy (non-hydrogen) atoms. The van der Waals surface area contributed by atoms with E-state index in [0.29, 0.717) is 5.56 Å². The standard InChI is InChI=1S/C9H7F3Si/c10-9(11,12)8-3-1-7(2-4-8)5-6-13/h1-4H,13H3. The molecule has 0 amide bonds. The summed E-state index contributed by atoms with van der Waals surface area (Å²) in [4.78, 5) is 0. The third kappa shape index (κ3) is 2.63. The van der Waals surface area contributed by atoms with Crippen molar-refractivity contribution < 1.29 is 13.2 Å². The van der Waals surface area contributed by atoms with Crippen LogP contribution in [-0.2, 0) is 6.18 Å². The van der Waals surface area contributed by atoms with E-state index in [9.17, 15) is 13.2 Å². The quantitative estimate of drug-likeness (QED) is 0.438. The molecule has 1 aromatic carbocycles. The average molecular weight is 200 g/mol. The van der Waals surface area contributed by atoms with Crippen LogP contribution in [0.25, 0.3) is 0 Å². The number of hydrogen-bond acceptors (Lipinski definition) is 0. The molecule has 0 heterocycles. The zero-order valence-electron chi connectivity index (χ0n) is 6.94. The lowest BCUT2D eigenvalue weighted by Crippen LogP contribution is -2.04. The molecule has 0 atom stereocenters. The number of alkyl halides is 3. The van der Waals surface area contributed by atoms with Crippen molar-refractivity contribution in [2.75, 3.05) is 0 Å². The molecular weight excluding hydrogens is 193 g/mol. The van der Waals surface area contributed by atoms with Gasteiger partial charge in [0.15, 0.2) is 0 Å². The van der Waals surface area contributed by atoms with Crippen LogP contribution in [0.3, 0.4) is 0 Å². The maximum Gasteiger partial charge on any atom is 0.416 e. The summed E-state index contributed by atoms with van der Waals surface area (Å²) < 4.78 is 36.2. The summed E-state index contributed by atoms with van der Waals surface area (Å²) in [7, 11) is 0.730. The van der Waals surface area contributed by atoms with E-state index in [1.807, 2.05) is 0 Å². The van der Waals surface area contributed by atoms with Gasteiger partial charge in [0.2, 0.25) is 0 Å². The van der Waals surface area contributed by atoms with Gasteiger partial charge in [-0.2, -0.15) is 13.2 Å². The molecule has 0 fully saturated rings. The second-order valence-electron chi connectivity index (χ2n) is 2.45. The summed E-state index contributed by atoms with van der Waals surface area (Å²) in [6, 6.07) is 4.85. The average Bonchev–Trinajstić information content (AvgIpc) is 2.04. The molecular formula is C9H7F3Si. The normalized spacial score (nSPS) is 10.7. The first-order valence-electron chi connectivity index (χ1n) is 3.64. The summed E-state index contributed by atoms with van der Waals surface area (Å²) in [6.07, 6.45) is -4.26. The lowest BCUT2D eigenvalue weighted by atomic mass is 10.1. The van der Waals surface area contributed by atoms with E-state index in [1.54, 1.807) is 0 Å². The fourth-order valence-corrected chi connectivity index (χ4v) is 1.18. The molecule has 4 heteroatoms. The minimum Gasteiger partial charge on any atom is -0.166 e. The monoisotopic (exact) mass is 200 g/mol. The molecule has 0 aliphatic heterocycles. The highest BCUT2D eigenvalue weighted by Crippen LogP contribution is 2.28. The Morgan fingerprint density at radius 2 is 1.62 bits per heavy atom. The van der Waals surface area contributed by atoms with Crippen LogP contribution in [0.2, 0.25) is 0 Å². The molecule has 68 valence electrons. The molecule has 0 N–H and O–H groups in total. The highest BCUT2D eigenvalue weighted by molar-refractivity contribution is 6.22. The first-order chi connectivity index (χ1) is 6.04. The SMILES string of the molecule is FC(F)(F)c1ccc(C#C[SiH3])cc1. The summed E-state index contributed by atoms with van der Waals surface area (Å²) in [5.41, 5.74) is 2.74. The van der Waals surface area contributed by atoms with Crippen molar-refractivity contribution in [1.82, 2.24) is 0 Å². The smallest absolute Gasteiger partial charge is 0.166 e. The molecule has 0 spiro atoms. The van der Waals surface area contributed by atoms with Crippen LogP contribution < -0.4 is 0 Å². The highest BCUT2D eigenvalue weighted by atomic mass is 28.1. The summed E-state index contributed by atoms with van der Waals surface area (Å²) in [6.45, 7) is 0. The minimum absolute atomic E-state index is 0.628. The first-order valence-corrected chi connectivity index (χ1v) is 4.64. The molecule has 0 aliphatic rings. The summed E-state index contributed by atoms with van der Waals surface area (Å²) in [5.74, 6) is 2.73. The van der Waals surface area contributed by atoms with Crippen molar-refractivity contribution in [2.24, 2.45) is 0 Å². The largest absolute Gasteiger partial charge is 0.416 e. The second kappa shape index (κ2) is 3.67. The molecule has 1 rings (SSSR count). The number of hydrogen-bond donors (Lipinski definition) is 0. The minimum atomic E-state index is -4.26. The van der Waals surface area contributed by atoms with Gasteiger partial charge in [-0.3, -0.25) is 0 Å². The van der Waals surface area contributed by atoms with Crippen molar-refractivity contribution in [1.29, 1.82) is 0 Å². The van der Waals surface area contributed by atoms with Crippen molar-refractivity contribution in [3.05, 3.63) is 35.4 Å². The van der Waals surface area contributed by atoms with Crippen LogP contribution in [-0.4, -0.2) is 10.2 Å². The van der Waals surface area contributed by atoms with E-state index in [0.717, 1.165) is 22.4 Å². The van der Waals surface area contributed by atoms with Crippen LogP contribution in [0.4, 0.5) is 13.2 Å². The number of halogens is 3. The van der Waals surface area contributed by atoms with Crippen molar-refractivity contribution in [2.45, 2.75) is 6.18 Å². The van der Waals surface area contributed by atoms with Crippen LogP contribution in [0.1, 0.15) is 11.1 Å². The Hall–Kier alpha value is -1.21. The Bertz CT molecular complexity index is 340. The van der Waals surface area contributed by atoms with E-state index < -0.39 is 11.7 Å². The van der Waals surface area contributed by atoms with Gasteiger partial charge in [0.05, 0.1) is 15.8 Å². The zero-order chi connectivity index (χ0) is 9.90. The van der Waals surface area contributed by atoms with Gasteiger partial charge >= 0.3 is 6.18 Å². The molecule has 1 aromatic rings. The van der Waals surface area contributed by atoms with Crippen molar-refractivity contribution in [3.8, 4) is 11.5 Å². The molecule has 0 radical (unpaired) electrons. The molecule has 0 saturated carbocycles. The Morgan fingerprint density at radius 1 is 1.08 bits per heavy atom. The van der Waals surface area contributed by atoms with Crippen LogP contribution in [0, 0.1) is 11.5 Å². The topological polar surface area (TPSA) is 0 Å². The predicted octanol–water partition coefficient (Wildman–Crippen LogP) is 1.38. The van der Waals surface area contributed by atoms with E-state index in [4.69, 9.17) is 0 Å². The van der Waals surface area contributed by atoms with Gasteiger partial charge in [0, 0.05) is 5.56 Å². The summed E-state index contributed by atoms with van der Waals surface area (Å²) >= 11 is 0. The van der Waals surface area contributed by atoms with Crippen LogP contribution in [0.15, 0.2) is 24.3 Å². The molecule has 0 saturated heterocycles. The Labute approximate surface area is 77.2 Å². The number of benzene rings is 1. The van der Waals surface area contributed by atoms with E-state index in [1.165, 1.54) is 12.1 Å². The van der Waals surface area contributed by atoms with Crippen LogP contribution in [0.5, 0.6) is 0 Å². The maximum atomic E-state index is 12.1. The van der Waals surface area contributed by atoms with E-state index >= 15 is 0 Å². The molecule has 0 bridgehead atoms. The third-order valence-corrected chi connectivity index (χ3v) is 1.73. The first kappa shape index (κ1) is 9.87. The van der Waals surface area contributed by atoms with Gasteiger partial charge in [0.25, 0.3) is 0 Å². The zero-order valence-corrected chi connectivity index (χ0v) is 8.94. The Kier molecular flexibility index (Phi) is 2.78. The molecule has 0 nitrogen and oxygen atoms in total. The lowest BCUT2D eigenvalue weighted by molar-refractivity contribution is -0.137. The highest BCUT2D eigenvalue weighted by Gasteiger charge is 2.29. The van der Waals surface area contributed by atoms with Crippen LogP contribution >= 0.6 is 0 Å². The van der Waals surface area contributed by atoms with Gasteiger partial charge in [0.1, 0.15) is 0 Å². The number of rotatable bonds is 0. The van der Waals surface area contributed by atoms with Gasteiger partial charge in [-0.25, -0.2) is 0 Å². The van der Waals surface area contributed by atoms with E-state index in [2.05, 4.69) is 11.5 Å². The molecule has 0 aliphatic carbocycles. The fraction of sp³-hybridized carbons (Fsp3) is 0.111. The van der Waals surface area contributed by atoms with Gasteiger partial charge < -0.3 is 0 Å². The fourth-order valence-electron chi connectivity index (χ4n) is 0.887.